The molecule has 0 aliphatic rings. The van der Waals surface area contributed by atoms with Crippen LogP contribution in [-0.2, 0) is 0 Å². The van der Waals surface area contributed by atoms with Gasteiger partial charge in [-0.15, -0.1) is 0 Å². The third kappa shape index (κ3) is 3.95. The highest BCUT2D eigenvalue weighted by Crippen LogP contribution is 2.42. The predicted molar refractivity (Wildman–Crippen MR) is 89.1 cm³/mol. The van der Waals surface area contributed by atoms with Crippen molar-refractivity contribution in [2.45, 2.75) is 0 Å². The molecule has 0 saturated heterocycles. The quantitative estimate of drug-likeness (QED) is 0.308. The lowest BCUT2D eigenvalue weighted by Gasteiger charge is -2.13. The fourth-order valence-corrected chi connectivity index (χ4v) is 2.59. The van der Waals surface area contributed by atoms with Crippen LogP contribution < -0.4 is 9.47 Å². The minimum atomic E-state index is -0.159. The number of hydrogen-bond acceptors (Lipinski definition) is 2. The van der Waals surface area contributed by atoms with E-state index in [0.717, 1.165) is 0 Å². The van der Waals surface area contributed by atoms with Crippen LogP contribution >= 0.6 is 69.6 Å². The van der Waals surface area contributed by atoms with Crippen LogP contribution in [0.5, 0.6) is 11.5 Å². The van der Waals surface area contributed by atoms with Crippen molar-refractivity contribution in [1.29, 1.82) is 0 Å². The van der Waals surface area contributed by atoms with E-state index < -0.39 is 0 Å². The average Bonchev–Trinajstić information content (AvgIpc) is 2.46. The van der Waals surface area contributed by atoms with Crippen molar-refractivity contribution >= 4 is 69.6 Å². The second kappa shape index (κ2) is 7.36. The van der Waals surface area contributed by atoms with Crippen molar-refractivity contribution in [2.24, 2.45) is 0 Å². The zero-order valence-electron chi connectivity index (χ0n) is 10.1. The van der Waals surface area contributed by atoms with E-state index >= 15 is 0 Å². The first-order valence-electron chi connectivity index (χ1n) is 5.44. The first-order chi connectivity index (χ1) is 9.91. The Morgan fingerprint density at radius 2 is 1.33 bits per heavy atom. The summed E-state index contributed by atoms with van der Waals surface area (Å²) in [5.41, 5.74) is 0. The summed E-state index contributed by atoms with van der Waals surface area (Å²) in [6, 6.07) is 6.45. The molecule has 0 unspecified atom stereocenters. The Kier molecular flexibility index (Phi) is 6.01. The Labute approximate surface area is 151 Å². The summed E-state index contributed by atoms with van der Waals surface area (Å²) < 4.78 is 10.7. The molecule has 2 rings (SSSR count). The van der Waals surface area contributed by atoms with Gasteiger partial charge in [0.25, 0.3) is 0 Å². The minimum absolute atomic E-state index is 0.113. The van der Waals surface area contributed by atoms with Crippen molar-refractivity contribution in [3.05, 3.63) is 54.4 Å². The van der Waals surface area contributed by atoms with Gasteiger partial charge in [-0.1, -0.05) is 75.7 Å². The molecule has 0 fully saturated rings. The van der Waals surface area contributed by atoms with E-state index in [9.17, 15) is 0 Å². The molecule has 21 heavy (non-hydrogen) atoms. The van der Waals surface area contributed by atoms with Gasteiger partial charge in [-0.3, -0.25) is 0 Å². The van der Waals surface area contributed by atoms with Crippen LogP contribution in [0.4, 0.5) is 0 Å². The molecule has 0 aliphatic heterocycles. The van der Waals surface area contributed by atoms with Gasteiger partial charge in [0.1, 0.15) is 21.5 Å². The molecule has 0 atom stereocenters. The second-order valence-corrected chi connectivity index (χ2v) is 6.08. The fourth-order valence-electron chi connectivity index (χ4n) is 1.41. The first-order valence-corrected chi connectivity index (χ1v) is 7.71. The topological polar surface area (TPSA) is 18.5 Å². The maximum atomic E-state index is 6.01. The Morgan fingerprint density at radius 3 is 2.05 bits per heavy atom. The van der Waals surface area contributed by atoms with Crippen LogP contribution in [0.3, 0.4) is 0 Å². The van der Waals surface area contributed by atoms with Crippen LogP contribution in [-0.4, -0.2) is 6.79 Å². The summed E-state index contributed by atoms with van der Waals surface area (Å²) in [5.74, 6) is 0.626. The zero-order chi connectivity index (χ0) is 15.6. The van der Waals surface area contributed by atoms with Crippen molar-refractivity contribution in [3.63, 3.8) is 0 Å². The molecule has 0 N–H and O–H groups in total. The third-order valence-electron chi connectivity index (χ3n) is 2.41. The monoisotopic (exact) mass is 404 g/mol. The maximum absolute atomic E-state index is 6.01. The van der Waals surface area contributed by atoms with Gasteiger partial charge < -0.3 is 9.47 Å². The van der Waals surface area contributed by atoms with Crippen molar-refractivity contribution < 1.29 is 9.47 Å². The molecule has 8 heteroatoms. The van der Waals surface area contributed by atoms with Crippen LogP contribution in [0.2, 0.25) is 30.1 Å². The maximum Gasteiger partial charge on any atom is 0.231 e. The average molecular weight is 407 g/mol. The Bertz CT molecular complexity index is 674. The van der Waals surface area contributed by atoms with Crippen LogP contribution in [0.15, 0.2) is 24.3 Å². The predicted octanol–water partition coefficient (Wildman–Crippen LogP) is 7.02. The third-order valence-corrected chi connectivity index (χ3v) is 4.95. The molecule has 0 aliphatic carbocycles. The summed E-state index contributed by atoms with van der Waals surface area (Å²) in [5, 5.41) is 1.32. The van der Waals surface area contributed by atoms with Crippen molar-refractivity contribution in [2.75, 3.05) is 6.79 Å². The summed E-state index contributed by atoms with van der Waals surface area (Å²) >= 11 is 35.5. The number of ether oxygens (including phenoxy) is 2. The SMILES string of the molecule is Clc1cccc(OCOc2cc(Cl)c(Cl)c(Cl)c2Cl)c1Cl. The van der Waals surface area contributed by atoms with Gasteiger partial charge in [-0.05, 0) is 12.1 Å². The van der Waals surface area contributed by atoms with Crippen molar-refractivity contribution in [1.82, 2.24) is 0 Å². The van der Waals surface area contributed by atoms with Crippen LogP contribution in [0, 0.1) is 0 Å². The first kappa shape index (κ1) is 17.1. The van der Waals surface area contributed by atoms with Gasteiger partial charge >= 0.3 is 0 Å². The number of benzene rings is 2. The molecule has 112 valence electrons. The zero-order valence-corrected chi connectivity index (χ0v) is 14.6. The smallest absolute Gasteiger partial charge is 0.231 e. The summed E-state index contributed by atoms with van der Waals surface area (Å²) in [6.07, 6.45) is 0. The number of rotatable bonds is 4. The molecule has 0 spiro atoms. The standard InChI is InChI=1S/C13H6Cl6O2/c14-6-2-1-3-8(10(6)16)20-5-21-9-4-7(15)11(17)13(19)12(9)18/h1-4H,5H2. The summed E-state index contributed by atoms with van der Waals surface area (Å²) in [7, 11) is 0. The molecule has 0 heterocycles. The van der Waals surface area contributed by atoms with E-state index in [4.69, 9.17) is 79.1 Å². The minimum Gasteiger partial charge on any atom is -0.456 e. The Balaban J connectivity index is 2.09. The van der Waals surface area contributed by atoms with Crippen LogP contribution in [0.25, 0.3) is 0 Å². The highest BCUT2D eigenvalue weighted by atomic mass is 35.5. The molecule has 0 amide bonds. The second-order valence-electron chi connectivity index (χ2n) is 3.76. The number of hydrogen-bond donors (Lipinski definition) is 0. The lowest BCUT2D eigenvalue weighted by molar-refractivity contribution is 0.120. The van der Waals surface area contributed by atoms with E-state index in [1.54, 1.807) is 18.2 Å². The van der Waals surface area contributed by atoms with Gasteiger partial charge in [0.15, 0.2) is 0 Å². The molecule has 2 aromatic carbocycles. The molecular formula is C13H6Cl6O2. The van der Waals surface area contributed by atoms with Gasteiger partial charge in [0.2, 0.25) is 6.79 Å². The van der Waals surface area contributed by atoms with E-state index in [2.05, 4.69) is 0 Å². The molecule has 2 aromatic rings. The van der Waals surface area contributed by atoms with E-state index in [1.807, 2.05) is 0 Å². The van der Waals surface area contributed by atoms with E-state index in [-0.39, 0.29) is 32.6 Å². The fraction of sp³-hybridized carbons (Fsp3) is 0.0769. The van der Waals surface area contributed by atoms with Gasteiger partial charge in [-0.25, -0.2) is 0 Å². The molecular weight excluding hydrogens is 401 g/mol. The van der Waals surface area contributed by atoms with Gasteiger partial charge in [0.05, 0.1) is 20.1 Å². The molecule has 0 radical (unpaired) electrons. The Morgan fingerprint density at radius 1 is 0.667 bits per heavy atom. The number of halogens is 6. The lowest BCUT2D eigenvalue weighted by Crippen LogP contribution is -2.06. The van der Waals surface area contributed by atoms with Crippen molar-refractivity contribution in [3.8, 4) is 11.5 Å². The van der Waals surface area contributed by atoms with E-state index in [0.29, 0.717) is 15.8 Å². The Hall–Kier alpha value is -0.220. The van der Waals surface area contributed by atoms with E-state index in [1.165, 1.54) is 6.07 Å². The molecule has 2 nitrogen and oxygen atoms in total. The summed E-state index contributed by atoms with van der Waals surface area (Å²) in [4.78, 5) is 0. The van der Waals surface area contributed by atoms with Crippen LogP contribution in [0.1, 0.15) is 0 Å². The molecule has 0 saturated carbocycles. The summed E-state index contributed by atoms with van der Waals surface area (Å²) in [6.45, 7) is -0.159. The molecule has 0 aromatic heterocycles. The lowest BCUT2D eigenvalue weighted by atomic mass is 10.3. The molecule has 0 bridgehead atoms. The highest BCUT2D eigenvalue weighted by Gasteiger charge is 2.14. The largest absolute Gasteiger partial charge is 0.456 e. The van der Waals surface area contributed by atoms with Gasteiger partial charge in [0, 0.05) is 6.07 Å². The van der Waals surface area contributed by atoms with Gasteiger partial charge in [-0.2, -0.15) is 0 Å². The highest BCUT2D eigenvalue weighted by molar-refractivity contribution is 6.52. The normalized spacial score (nSPS) is 10.6.